The van der Waals surface area contributed by atoms with Gasteiger partial charge >= 0.3 is 0 Å². The van der Waals surface area contributed by atoms with Gasteiger partial charge in [-0.1, -0.05) is 61.8 Å². The SMILES string of the molecule is CC[C@]1(C)CC[C@]2(S1)[C@H](C)CC[C@H]1[C@]3(C)CC[C@H]4C(C)(C)CCC[C@]4(C)[C@H]3CC[C@@]12C. The Labute approximate surface area is 198 Å². The lowest BCUT2D eigenvalue weighted by molar-refractivity contribution is -0.209. The first-order valence-electron chi connectivity index (χ1n) is 14.1. The van der Waals surface area contributed by atoms with E-state index in [1.165, 1.54) is 77.0 Å². The van der Waals surface area contributed by atoms with Gasteiger partial charge in [0.05, 0.1) is 0 Å². The van der Waals surface area contributed by atoms with Crippen molar-refractivity contribution in [1.29, 1.82) is 0 Å². The molecule has 31 heavy (non-hydrogen) atoms. The van der Waals surface area contributed by atoms with Gasteiger partial charge in [0.2, 0.25) is 0 Å². The molecule has 1 heteroatoms. The lowest BCUT2D eigenvalue weighted by Crippen LogP contribution is -2.66. The topological polar surface area (TPSA) is 0 Å². The molecule has 0 N–H and O–H groups in total. The van der Waals surface area contributed by atoms with Crippen molar-refractivity contribution in [3.8, 4) is 0 Å². The summed E-state index contributed by atoms with van der Waals surface area (Å²) in [6.07, 6.45) is 17.8. The van der Waals surface area contributed by atoms with Crippen molar-refractivity contribution in [2.75, 3.05) is 0 Å². The van der Waals surface area contributed by atoms with Crippen LogP contribution < -0.4 is 0 Å². The van der Waals surface area contributed by atoms with Gasteiger partial charge in [-0.05, 0) is 116 Å². The normalized spacial score (nSPS) is 58.5. The quantitative estimate of drug-likeness (QED) is 0.388. The maximum Gasteiger partial charge on any atom is 0.0248 e. The maximum absolute atomic E-state index is 2.81. The molecule has 0 aromatic heterocycles. The lowest BCUT2D eigenvalue weighted by atomic mass is 9.34. The molecule has 4 aliphatic carbocycles. The van der Waals surface area contributed by atoms with Crippen molar-refractivity contribution in [3.05, 3.63) is 0 Å². The number of thioether (sulfide) groups is 1. The van der Waals surface area contributed by atoms with Crippen molar-refractivity contribution in [1.82, 2.24) is 0 Å². The van der Waals surface area contributed by atoms with Crippen LogP contribution in [0.1, 0.15) is 132 Å². The molecule has 5 rings (SSSR count). The van der Waals surface area contributed by atoms with Crippen molar-refractivity contribution in [2.24, 2.45) is 45.3 Å². The predicted octanol–water partition coefficient (Wildman–Crippen LogP) is 9.52. The summed E-state index contributed by atoms with van der Waals surface area (Å²) in [4.78, 5) is 0. The average Bonchev–Trinajstić information content (AvgIpc) is 3.05. The van der Waals surface area contributed by atoms with Crippen molar-refractivity contribution < 1.29 is 0 Å². The Morgan fingerprint density at radius 1 is 0.677 bits per heavy atom. The molecule has 1 saturated heterocycles. The Morgan fingerprint density at radius 2 is 1.35 bits per heavy atom. The van der Waals surface area contributed by atoms with Gasteiger partial charge in [-0.15, -0.1) is 11.8 Å². The van der Waals surface area contributed by atoms with Gasteiger partial charge in [-0.3, -0.25) is 0 Å². The van der Waals surface area contributed by atoms with E-state index in [0.717, 1.165) is 23.7 Å². The Kier molecular flexibility index (Phi) is 5.18. The van der Waals surface area contributed by atoms with Gasteiger partial charge < -0.3 is 0 Å². The molecule has 5 fully saturated rings. The standard InChI is InChI=1S/C30H52S/c1-9-26(5)19-20-30(31-26)21(2)11-12-24-28(7)17-13-22-25(3,4)15-10-16-27(22,6)23(28)14-18-29(24,30)8/h21-24H,9-20H2,1-8H3/t21-,22+,23-,24+,26-,27+,28-,29+,30+/m1/s1. The van der Waals surface area contributed by atoms with Crippen LogP contribution in [0.2, 0.25) is 0 Å². The smallest absolute Gasteiger partial charge is 0.0248 e. The molecule has 0 amide bonds. The molecule has 0 nitrogen and oxygen atoms in total. The predicted molar refractivity (Wildman–Crippen MR) is 138 cm³/mol. The Hall–Kier alpha value is 0.350. The van der Waals surface area contributed by atoms with Gasteiger partial charge in [0.1, 0.15) is 0 Å². The van der Waals surface area contributed by atoms with Crippen LogP contribution in [0, 0.1) is 45.3 Å². The number of fused-ring (bicyclic) bond motifs is 6. The van der Waals surface area contributed by atoms with Crippen LogP contribution in [0.4, 0.5) is 0 Å². The summed E-state index contributed by atoms with van der Waals surface area (Å²) in [6, 6.07) is 0. The summed E-state index contributed by atoms with van der Waals surface area (Å²) in [6.45, 7) is 21.3. The van der Waals surface area contributed by atoms with E-state index in [1.807, 2.05) is 0 Å². The van der Waals surface area contributed by atoms with Gasteiger partial charge in [0, 0.05) is 9.49 Å². The third-order valence-electron chi connectivity index (χ3n) is 13.2. The second-order valence-corrected chi connectivity index (χ2v) is 16.7. The molecule has 0 radical (unpaired) electrons. The zero-order chi connectivity index (χ0) is 22.5. The van der Waals surface area contributed by atoms with Crippen LogP contribution in [-0.2, 0) is 0 Å². The van der Waals surface area contributed by atoms with E-state index in [1.54, 1.807) is 0 Å². The number of hydrogen-bond acceptors (Lipinski definition) is 1. The molecule has 1 aliphatic heterocycles. The molecule has 0 aromatic carbocycles. The second-order valence-electron chi connectivity index (χ2n) is 14.8. The largest absolute Gasteiger partial charge is 0.148 e. The fourth-order valence-electron chi connectivity index (χ4n) is 11.5. The summed E-state index contributed by atoms with van der Waals surface area (Å²) < 4.78 is 1.06. The molecule has 1 heterocycles. The monoisotopic (exact) mass is 444 g/mol. The zero-order valence-electron chi connectivity index (χ0n) is 22.2. The molecule has 4 saturated carbocycles. The summed E-state index contributed by atoms with van der Waals surface area (Å²) in [5.74, 6) is 3.76. The van der Waals surface area contributed by atoms with E-state index in [0.29, 0.717) is 31.2 Å². The second kappa shape index (κ2) is 6.95. The summed E-state index contributed by atoms with van der Waals surface area (Å²) in [5.41, 5.74) is 2.26. The van der Waals surface area contributed by atoms with Crippen LogP contribution >= 0.6 is 11.8 Å². The highest BCUT2D eigenvalue weighted by atomic mass is 32.2. The van der Waals surface area contributed by atoms with E-state index >= 15 is 0 Å². The molecule has 1 spiro atoms. The van der Waals surface area contributed by atoms with Crippen molar-refractivity contribution in [3.63, 3.8) is 0 Å². The van der Waals surface area contributed by atoms with Gasteiger partial charge in [0.25, 0.3) is 0 Å². The fourth-order valence-corrected chi connectivity index (χ4v) is 13.7. The molecular formula is C30H52S. The Bertz CT molecular complexity index is 726. The van der Waals surface area contributed by atoms with Gasteiger partial charge in [-0.25, -0.2) is 0 Å². The Morgan fingerprint density at radius 3 is 2.03 bits per heavy atom. The first kappa shape index (κ1) is 23.1. The first-order valence-corrected chi connectivity index (χ1v) is 14.9. The van der Waals surface area contributed by atoms with Crippen molar-refractivity contribution >= 4 is 11.8 Å². The number of rotatable bonds is 1. The van der Waals surface area contributed by atoms with Gasteiger partial charge in [-0.2, -0.15) is 0 Å². The van der Waals surface area contributed by atoms with Crippen LogP contribution in [0.25, 0.3) is 0 Å². The molecule has 0 unspecified atom stereocenters. The van der Waals surface area contributed by atoms with E-state index in [4.69, 9.17) is 0 Å². The minimum Gasteiger partial charge on any atom is -0.148 e. The van der Waals surface area contributed by atoms with Crippen LogP contribution in [0.15, 0.2) is 0 Å². The van der Waals surface area contributed by atoms with Crippen LogP contribution in [-0.4, -0.2) is 9.49 Å². The highest BCUT2D eigenvalue weighted by Crippen LogP contribution is 2.78. The summed E-state index contributed by atoms with van der Waals surface area (Å²) >= 11 is 2.49. The summed E-state index contributed by atoms with van der Waals surface area (Å²) in [7, 11) is 0. The molecule has 9 atom stereocenters. The lowest BCUT2D eigenvalue weighted by Gasteiger charge is -2.72. The fraction of sp³-hybridized carbons (Fsp3) is 1.00. The van der Waals surface area contributed by atoms with E-state index in [-0.39, 0.29) is 0 Å². The molecule has 0 bridgehead atoms. The highest BCUT2D eigenvalue weighted by Gasteiger charge is 2.70. The Balaban J connectivity index is 1.54. The molecule has 178 valence electrons. The first-order chi connectivity index (χ1) is 14.4. The average molecular weight is 445 g/mol. The van der Waals surface area contributed by atoms with E-state index < -0.39 is 0 Å². The number of hydrogen-bond donors (Lipinski definition) is 0. The molecule has 0 aromatic rings. The maximum atomic E-state index is 2.81. The third-order valence-corrected chi connectivity index (χ3v) is 15.6. The molecule has 5 aliphatic rings. The van der Waals surface area contributed by atoms with Crippen LogP contribution in [0.3, 0.4) is 0 Å². The highest BCUT2D eigenvalue weighted by molar-refractivity contribution is 8.02. The van der Waals surface area contributed by atoms with E-state index in [9.17, 15) is 0 Å². The zero-order valence-corrected chi connectivity index (χ0v) is 23.0. The molecular weight excluding hydrogens is 392 g/mol. The minimum absolute atomic E-state index is 0.522. The third kappa shape index (κ3) is 2.86. The minimum atomic E-state index is 0.522. The van der Waals surface area contributed by atoms with Crippen molar-refractivity contribution in [2.45, 2.75) is 142 Å². The van der Waals surface area contributed by atoms with Crippen LogP contribution in [0.5, 0.6) is 0 Å². The van der Waals surface area contributed by atoms with E-state index in [2.05, 4.69) is 67.2 Å². The summed E-state index contributed by atoms with van der Waals surface area (Å²) in [5, 5.41) is 0. The van der Waals surface area contributed by atoms with Gasteiger partial charge in [0.15, 0.2) is 0 Å².